The Kier molecular flexibility index (Phi) is 7.23. The molecule has 1 saturated heterocycles. The molecule has 0 aliphatic carbocycles. The molecule has 0 aromatic carbocycles. The van der Waals surface area contributed by atoms with E-state index in [0.717, 1.165) is 38.5 Å². The van der Waals surface area contributed by atoms with E-state index in [-0.39, 0.29) is 18.1 Å². The van der Waals surface area contributed by atoms with Crippen molar-refractivity contribution in [2.45, 2.75) is 71.0 Å². The van der Waals surface area contributed by atoms with Crippen molar-refractivity contribution >= 4 is 6.09 Å². The first kappa shape index (κ1) is 18.0. The Hall–Kier alpha value is -1.03. The number of aliphatic hydroxyl groups is 1. The summed E-state index contributed by atoms with van der Waals surface area (Å²) >= 11 is 0. The summed E-state index contributed by atoms with van der Waals surface area (Å²) in [4.78, 5) is 13.7. The highest BCUT2D eigenvalue weighted by atomic mass is 16.6. The van der Waals surface area contributed by atoms with Crippen LogP contribution in [-0.4, -0.2) is 40.9 Å². The monoisotopic (exact) mass is 297 g/mol. The molecule has 0 radical (unpaired) electrons. The van der Waals surface area contributed by atoms with Gasteiger partial charge in [0.2, 0.25) is 0 Å². The lowest BCUT2D eigenvalue weighted by atomic mass is 9.96. The maximum absolute atomic E-state index is 12.0. The lowest BCUT2D eigenvalue weighted by Crippen LogP contribution is -2.36. The summed E-state index contributed by atoms with van der Waals surface area (Å²) < 4.78 is 5.37. The second-order valence-corrected chi connectivity index (χ2v) is 6.97. The van der Waals surface area contributed by atoms with Crippen molar-refractivity contribution in [2.24, 2.45) is 5.92 Å². The minimum atomic E-state index is -0.459. The summed E-state index contributed by atoms with van der Waals surface area (Å²) in [6.45, 7) is 10.6. The molecular formula is C17H31NO3. The number of amides is 1. The largest absolute Gasteiger partial charge is 0.444 e. The van der Waals surface area contributed by atoms with Gasteiger partial charge in [0.25, 0.3) is 0 Å². The molecule has 2 atom stereocenters. The lowest BCUT2D eigenvalue weighted by molar-refractivity contribution is 0.0265. The Labute approximate surface area is 129 Å². The van der Waals surface area contributed by atoms with E-state index >= 15 is 0 Å². The second-order valence-electron chi connectivity index (χ2n) is 6.97. The second kappa shape index (κ2) is 8.42. The lowest BCUT2D eigenvalue weighted by Gasteiger charge is -2.25. The number of hydrogen-bond acceptors (Lipinski definition) is 3. The third kappa shape index (κ3) is 6.98. The summed E-state index contributed by atoms with van der Waals surface area (Å²) in [7, 11) is 0. The Morgan fingerprint density at radius 1 is 1.43 bits per heavy atom. The van der Waals surface area contributed by atoms with E-state index in [1.807, 2.05) is 26.8 Å². The molecule has 1 aliphatic heterocycles. The van der Waals surface area contributed by atoms with Gasteiger partial charge in [0.05, 0.1) is 6.10 Å². The molecule has 0 spiro atoms. The Morgan fingerprint density at radius 2 is 2.14 bits per heavy atom. The zero-order chi connectivity index (χ0) is 15.9. The van der Waals surface area contributed by atoms with Crippen molar-refractivity contribution in [2.75, 3.05) is 13.1 Å². The fraction of sp³-hybridized carbons (Fsp3) is 0.824. The molecule has 4 heteroatoms. The molecule has 1 amide bonds. The highest BCUT2D eigenvalue weighted by Gasteiger charge is 2.32. The van der Waals surface area contributed by atoms with Gasteiger partial charge in [-0.25, -0.2) is 4.79 Å². The molecule has 122 valence electrons. The van der Waals surface area contributed by atoms with Gasteiger partial charge in [-0.1, -0.05) is 18.9 Å². The van der Waals surface area contributed by atoms with Crippen LogP contribution < -0.4 is 0 Å². The molecule has 0 saturated carbocycles. The average molecular weight is 297 g/mol. The molecule has 1 fully saturated rings. The first-order valence-corrected chi connectivity index (χ1v) is 8.10. The zero-order valence-corrected chi connectivity index (χ0v) is 13.8. The highest BCUT2D eigenvalue weighted by molar-refractivity contribution is 5.68. The number of nitrogens with zero attached hydrogens (tertiary/aromatic N) is 1. The van der Waals surface area contributed by atoms with Gasteiger partial charge in [0.1, 0.15) is 5.60 Å². The number of aliphatic hydroxyl groups excluding tert-OH is 1. The third-order valence-corrected chi connectivity index (χ3v) is 3.83. The van der Waals surface area contributed by atoms with E-state index in [1.54, 1.807) is 4.90 Å². The van der Waals surface area contributed by atoms with E-state index in [2.05, 4.69) is 6.58 Å². The smallest absolute Gasteiger partial charge is 0.410 e. The number of rotatable bonds is 7. The normalized spacial score (nSPS) is 20.4. The molecule has 1 aliphatic rings. The van der Waals surface area contributed by atoms with Crippen LogP contribution in [0.2, 0.25) is 0 Å². The predicted octanol–water partition coefficient (Wildman–Crippen LogP) is 3.74. The topological polar surface area (TPSA) is 49.8 Å². The Balaban J connectivity index is 2.26. The number of carbonyl (C=O) groups excluding carboxylic acids is 1. The predicted molar refractivity (Wildman–Crippen MR) is 85.2 cm³/mol. The van der Waals surface area contributed by atoms with Crippen molar-refractivity contribution in [1.82, 2.24) is 4.90 Å². The first-order valence-electron chi connectivity index (χ1n) is 8.10. The van der Waals surface area contributed by atoms with Gasteiger partial charge in [0.15, 0.2) is 0 Å². The number of unbranched alkanes of at least 4 members (excludes halogenated alkanes) is 3. The molecule has 0 aromatic heterocycles. The van der Waals surface area contributed by atoms with E-state index in [0.29, 0.717) is 13.1 Å². The molecule has 0 bridgehead atoms. The summed E-state index contributed by atoms with van der Waals surface area (Å²) in [5.74, 6) is 0.192. The van der Waals surface area contributed by atoms with Crippen LogP contribution >= 0.6 is 0 Å². The van der Waals surface area contributed by atoms with Gasteiger partial charge >= 0.3 is 6.09 Å². The average Bonchev–Trinajstić information content (AvgIpc) is 2.86. The molecule has 0 aromatic rings. The molecule has 1 N–H and O–H groups in total. The molecule has 4 nitrogen and oxygen atoms in total. The van der Waals surface area contributed by atoms with E-state index in [1.165, 1.54) is 0 Å². The van der Waals surface area contributed by atoms with Crippen LogP contribution in [0, 0.1) is 5.92 Å². The summed E-state index contributed by atoms with van der Waals surface area (Å²) in [5, 5.41) is 10.2. The highest BCUT2D eigenvalue weighted by Crippen LogP contribution is 2.24. The number of hydrogen-bond donors (Lipinski definition) is 1. The van der Waals surface area contributed by atoms with Crippen molar-refractivity contribution in [3.63, 3.8) is 0 Å². The van der Waals surface area contributed by atoms with Crippen LogP contribution in [0.3, 0.4) is 0 Å². The Bertz CT molecular complexity index is 335. The van der Waals surface area contributed by atoms with Crippen LogP contribution in [0.1, 0.15) is 59.3 Å². The van der Waals surface area contributed by atoms with Gasteiger partial charge in [-0.3, -0.25) is 0 Å². The maximum Gasteiger partial charge on any atom is 0.410 e. The quantitative estimate of drug-likeness (QED) is 0.575. The molecule has 21 heavy (non-hydrogen) atoms. The van der Waals surface area contributed by atoms with E-state index in [4.69, 9.17) is 4.74 Å². The van der Waals surface area contributed by atoms with Crippen LogP contribution in [0.15, 0.2) is 12.7 Å². The summed E-state index contributed by atoms with van der Waals surface area (Å²) in [6.07, 6.45) is 7.42. The van der Waals surface area contributed by atoms with Crippen LogP contribution in [0.25, 0.3) is 0 Å². The van der Waals surface area contributed by atoms with Gasteiger partial charge in [-0.05, 0) is 46.5 Å². The van der Waals surface area contributed by atoms with Gasteiger partial charge in [-0.15, -0.1) is 6.58 Å². The maximum atomic E-state index is 12.0. The number of likely N-dealkylation sites (tertiary alicyclic amines) is 1. The minimum Gasteiger partial charge on any atom is -0.444 e. The summed E-state index contributed by atoms with van der Waals surface area (Å²) in [5.41, 5.74) is -0.459. The SMILES string of the molecule is C=CCCCCCC(O)C1CCN(C(=O)OC(C)(C)C)C1. The molecule has 2 unspecified atom stereocenters. The van der Waals surface area contributed by atoms with Crippen LogP contribution in [0.5, 0.6) is 0 Å². The Morgan fingerprint density at radius 3 is 2.76 bits per heavy atom. The summed E-state index contributed by atoms with van der Waals surface area (Å²) in [6, 6.07) is 0. The number of ether oxygens (including phenoxy) is 1. The van der Waals surface area contributed by atoms with Gasteiger partial charge in [-0.2, -0.15) is 0 Å². The van der Waals surface area contributed by atoms with Crippen molar-refractivity contribution in [3.8, 4) is 0 Å². The van der Waals surface area contributed by atoms with Gasteiger partial charge in [0, 0.05) is 19.0 Å². The first-order chi connectivity index (χ1) is 9.83. The van der Waals surface area contributed by atoms with Crippen LogP contribution in [0.4, 0.5) is 4.79 Å². The fourth-order valence-electron chi connectivity index (χ4n) is 2.65. The van der Waals surface area contributed by atoms with Crippen molar-refractivity contribution in [3.05, 3.63) is 12.7 Å². The van der Waals surface area contributed by atoms with Gasteiger partial charge < -0.3 is 14.7 Å². The van der Waals surface area contributed by atoms with Crippen molar-refractivity contribution in [1.29, 1.82) is 0 Å². The zero-order valence-electron chi connectivity index (χ0n) is 13.8. The van der Waals surface area contributed by atoms with Crippen molar-refractivity contribution < 1.29 is 14.6 Å². The van der Waals surface area contributed by atoms with E-state index in [9.17, 15) is 9.90 Å². The van der Waals surface area contributed by atoms with Crippen LogP contribution in [-0.2, 0) is 4.74 Å². The third-order valence-electron chi connectivity index (χ3n) is 3.83. The number of carbonyl (C=O) groups is 1. The minimum absolute atomic E-state index is 0.192. The molecule has 1 heterocycles. The molecule has 1 rings (SSSR count). The standard InChI is InChI=1S/C17H31NO3/c1-5-6-7-8-9-10-15(19)14-11-12-18(13-14)16(20)21-17(2,3)4/h5,14-15,19H,1,6-13H2,2-4H3. The molecular weight excluding hydrogens is 266 g/mol. The number of allylic oxidation sites excluding steroid dienone is 1. The van der Waals surface area contributed by atoms with E-state index < -0.39 is 5.60 Å². The fourth-order valence-corrected chi connectivity index (χ4v) is 2.65.